The molecule has 0 unspecified atom stereocenters. The molecule has 2 aliphatic rings. The lowest BCUT2D eigenvalue weighted by atomic mass is 9.77. The van der Waals surface area contributed by atoms with Crippen LogP contribution in [0.4, 0.5) is 0 Å². The molecule has 196 valence electrons. The van der Waals surface area contributed by atoms with E-state index in [1.54, 1.807) is 0 Å². The molecule has 0 spiro atoms. The summed E-state index contributed by atoms with van der Waals surface area (Å²) in [6.45, 7) is 16.4. The van der Waals surface area contributed by atoms with Gasteiger partial charge in [0.05, 0.1) is 22.4 Å². The van der Waals surface area contributed by atoms with Gasteiger partial charge in [0.2, 0.25) is 0 Å². The molecule has 4 aromatic carbocycles. The van der Waals surface area contributed by atoms with Crippen LogP contribution in [0.3, 0.4) is 0 Å². The van der Waals surface area contributed by atoms with Gasteiger partial charge in [-0.05, 0) is 76.9 Å². The predicted molar refractivity (Wildman–Crippen MR) is 160 cm³/mol. The van der Waals surface area contributed by atoms with E-state index in [1.165, 1.54) is 0 Å². The summed E-state index contributed by atoms with van der Waals surface area (Å²) < 4.78 is 25.1. The normalized spacial score (nSPS) is 21.7. The van der Waals surface area contributed by atoms with Crippen molar-refractivity contribution in [1.29, 1.82) is 0 Å². The van der Waals surface area contributed by atoms with Gasteiger partial charge in [-0.25, -0.2) is 0 Å². The summed E-state index contributed by atoms with van der Waals surface area (Å²) >= 11 is 14.0. The van der Waals surface area contributed by atoms with Crippen LogP contribution >= 0.6 is 23.2 Å². The smallest absolute Gasteiger partial charge is 0.399 e. The topological polar surface area (TPSA) is 36.9 Å². The summed E-state index contributed by atoms with van der Waals surface area (Å²) in [6.07, 6.45) is 0. The van der Waals surface area contributed by atoms with Crippen LogP contribution in [-0.4, -0.2) is 36.6 Å². The molecule has 0 aliphatic carbocycles. The third-order valence-electron chi connectivity index (χ3n) is 9.14. The van der Waals surface area contributed by atoms with Crippen LogP contribution in [0.2, 0.25) is 10.0 Å². The van der Waals surface area contributed by atoms with Gasteiger partial charge in [0, 0.05) is 31.7 Å². The minimum Gasteiger partial charge on any atom is -0.399 e. The first-order valence-corrected chi connectivity index (χ1v) is 13.9. The zero-order valence-corrected chi connectivity index (χ0v) is 24.7. The highest BCUT2D eigenvalue weighted by atomic mass is 35.5. The third kappa shape index (κ3) is 3.76. The summed E-state index contributed by atoms with van der Waals surface area (Å²) in [6, 6.07) is 16.6. The Bertz CT molecular complexity index is 1480. The van der Waals surface area contributed by atoms with Gasteiger partial charge >= 0.3 is 14.2 Å². The quantitative estimate of drug-likeness (QED) is 0.199. The third-order valence-corrected chi connectivity index (χ3v) is 9.98. The van der Waals surface area contributed by atoms with Crippen LogP contribution in [0.5, 0.6) is 0 Å². The molecule has 38 heavy (non-hydrogen) atoms. The molecule has 2 heterocycles. The van der Waals surface area contributed by atoms with Crippen molar-refractivity contribution in [3.05, 3.63) is 58.6 Å². The molecule has 2 aliphatic heterocycles. The number of benzene rings is 4. The van der Waals surface area contributed by atoms with Gasteiger partial charge in [-0.3, -0.25) is 0 Å². The number of fused-ring (bicyclic) bond motifs is 5. The molecule has 0 N–H and O–H groups in total. The highest BCUT2D eigenvalue weighted by Gasteiger charge is 2.53. The molecular formula is C30H32B2Cl2O4. The van der Waals surface area contributed by atoms with Gasteiger partial charge in [-0.1, -0.05) is 71.7 Å². The zero-order chi connectivity index (χ0) is 27.4. The number of rotatable bonds is 2. The van der Waals surface area contributed by atoms with Crippen LogP contribution in [0.15, 0.2) is 48.5 Å². The van der Waals surface area contributed by atoms with E-state index in [-0.39, 0.29) is 0 Å². The van der Waals surface area contributed by atoms with E-state index in [1.807, 2.05) is 67.5 Å². The summed E-state index contributed by atoms with van der Waals surface area (Å²) in [4.78, 5) is 0. The van der Waals surface area contributed by atoms with Gasteiger partial charge < -0.3 is 18.6 Å². The minimum absolute atomic E-state index is 0.434. The molecule has 0 saturated carbocycles. The second-order valence-electron chi connectivity index (χ2n) is 12.5. The Labute approximate surface area is 235 Å². The average Bonchev–Trinajstić information content (AvgIpc) is 3.18. The van der Waals surface area contributed by atoms with E-state index < -0.39 is 36.6 Å². The van der Waals surface area contributed by atoms with E-state index in [2.05, 4.69) is 36.4 Å². The van der Waals surface area contributed by atoms with Crippen LogP contribution in [0.1, 0.15) is 55.4 Å². The summed E-state index contributed by atoms with van der Waals surface area (Å²) in [5.74, 6) is 0. The monoisotopic (exact) mass is 548 g/mol. The average molecular weight is 549 g/mol. The number of hydrogen-bond donors (Lipinski definition) is 0. The van der Waals surface area contributed by atoms with Crippen LogP contribution < -0.4 is 10.9 Å². The van der Waals surface area contributed by atoms with Crippen LogP contribution in [-0.2, 0) is 18.6 Å². The van der Waals surface area contributed by atoms with E-state index in [9.17, 15) is 0 Å². The molecular weight excluding hydrogens is 517 g/mol. The SMILES string of the molecule is CC1(C)OB(c2ccc3c(ccc4c5ccc(B6OC(C)(C)C(C)(C)O6)c(Cl)c5ccc34)c2Cl)OC1(C)C. The molecule has 0 atom stereocenters. The molecule has 0 radical (unpaired) electrons. The van der Waals surface area contributed by atoms with Crippen molar-refractivity contribution < 1.29 is 18.6 Å². The van der Waals surface area contributed by atoms with E-state index in [4.69, 9.17) is 41.8 Å². The van der Waals surface area contributed by atoms with E-state index >= 15 is 0 Å². The lowest BCUT2D eigenvalue weighted by molar-refractivity contribution is 0.00578. The van der Waals surface area contributed by atoms with Crippen molar-refractivity contribution in [2.24, 2.45) is 0 Å². The van der Waals surface area contributed by atoms with Crippen molar-refractivity contribution in [2.75, 3.05) is 0 Å². The molecule has 2 saturated heterocycles. The van der Waals surface area contributed by atoms with Crippen molar-refractivity contribution in [2.45, 2.75) is 77.8 Å². The zero-order valence-electron chi connectivity index (χ0n) is 23.2. The Morgan fingerprint density at radius 3 is 0.974 bits per heavy atom. The molecule has 0 bridgehead atoms. The van der Waals surface area contributed by atoms with Crippen molar-refractivity contribution >= 4 is 80.7 Å². The molecule has 0 amide bonds. The Balaban J connectivity index is 1.44. The Hall–Kier alpha value is -1.79. The predicted octanol–water partition coefficient (Wildman–Crippen LogP) is 7.05. The first kappa shape index (κ1) is 26.4. The standard InChI is InChI=1S/C30H32B2Cl2O4/c1-27(2)28(3,4)36-31(35-27)23-15-13-19-17-10-12-22-20(18(17)9-11-21(19)25(23)33)14-16-24(26(22)34)32-37-29(5,6)30(7,8)38-32/h9-16H,1-8H3. The fourth-order valence-corrected chi connectivity index (χ4v) is 5.94. The van der Waals surface area contributed by atoms with E-state index in [0.29, 0.717) is 10.0 Å². The Kier molecular flexibility index (Phi) is 5.81. The molecule has 4 aromatic rings. The first-order chi connectivity index (χ1) is 17.6. The Morgan fingerprint density at radius 1 is 0.421 bits per heavy atom. The second-order valence-corrected chi connectivity index (χ2v) is 13.3. The molecule has 4 nitrogen and oxygen atoms in total. The summed E-state index contributed by atoms with van der Waals surface area (Å²) in [5, 5.41) is 7.58. The maximum atomic E-state index is 6.98. The largest absolute Gasteiger partial charge is 0.496 e. The maximum absolute atomic E-state index is 6.98. The molecule has 6 rings (SSSR count). The van der Waals surface area contributed by atoms with Gasteiger partial charge in [0.15, 0.2) is 0 Å². The number of hydrogen-bond acceptors (Lipinski definition) is 4. The van der Waals surface area contributed by atoms with Gasteiger partial charge in [-0.2, -0.15) is 0 Å². The molecule has 8 heteroatoms. The lowest BCUT2D eigenvalue weighted by Crippen LogP contribution is -2.41. The summed E-state index contributed by atoms with van der Waals surface area (Å²) in [7, 11) is -1.03. The second kappa shape index (κ2) is 8.36. The maximum Gasteiger partial charge on any atom is 0.496 e. The lowest BCUT2D eigenvalue weighted by Gasteiger charge is -2.32. The van der Waals surface area contributed by atoms with Crippen molar-refractivity contribution in [3.63, 3.8) is 0 Å². The highest BCUT2D eigenvalue weighted by Crippen LogP contribution is 2.41. The minimum atomic E-state index is -0.517. The fraction of sp³-hybridized carbons (Fsp3) is 0.400. The van der Waals surface area contributed by atoms with E-state index in [0.717, 1.165) is 43.2 Å². The fourth-order valence-electron chi connectivity index (χ4n) is 5.30. The van der Waals surface area contributed by atoms with Crippen LogP contribution in [0.25, 0.3) is 32.3 Å². The van der Waals surface area contributed by atoms with Gasteiger partial charge in [-0.15, -0.1) is 0 Å². The van der Waals surface area contributed by atoms with Crippen LogP contribution in [0, 0.1) is 0 Å². The number of halogens is 2. The molecule has 2 fully saturated rings. The summed E-state index contributed by atoms with van der Waals surface area (Å²) in [5.41, 5.74) is -0.0547. The van der Waals surface area contributed by atoms with Gasteiger partial charge in [0.25, 0.3) is 0 Å². The highest BCUT2D eigenvalue weighted by molar-refractivity contribution is 6.67. The Morgan fingerprint density at radius 2 is 0.658 bits per heavy atom. The van der Waals surface area contributed by atoms with Crippen molar-refractivity contribution in [3.8, 4) is 0 Å². The van der Waals surface area contributed by atoms with Gasteiger partial charge in [0.1, 0.15) is 0 Å². The van der Waals surface area contributed by atoms with Crippen molar-refractivity contribution in [1.82, 2.24) is 0 Å². The first-order valence-electron chi connectivity index (χ1n) is 13.1. The molecule has 0 aromatic heterocycles.